The van der Waals surface area contributed by atoms with Crippen molar-refractivity contribution >= 4 is 28.8 Å². The molecule has 92 valence electrons. The van der Waals surface area contributed by atoms with Gasteiger partial charge in [0.1, 0.15) is 5.08 Å². The molecule has 0 spiro atoms. The highest BCUT2D eigenvalue weighted by molar-refractivity contribution is 8.41. The van der Waals surface area contributed by atoms with E-state index in [9.17, 15) is 12.6 Å². The van der Waals surface area contributed by atoms with Crippen LogP contribution in [0.5, 0.6) is 0 Å². The van der Waals surface area contributed by atoms with Gasteiger partial charge in [-0.15, -0.1) is 0 Å². The topological polar surface area (TPSA) is 51.2 Å². The molecule has 0 heterocycles. The maximum absolute atomic E-state index is 12.0. The third kappa shape index (κ3) is 3.88. The van der Waals surface area contributed by atoms with Gasteiger partial charge in [0.2, 0.25) is 0 Å². The summed E-state index contributed by atoms with van der Waals surface area (Å²) in [6.07, 6.45) is 2.54. The Balaban J connectivity index is 3.26. The van der Waals surface area contributed by atoms with E-state index in [-0.39, 0.29) is 4.90 Å². The second-order valence-electron chi connectivity index (χ2n) is 4.42. The number of hydrogen-bond acceptors (Lipinski definition) is 3. The summed E-state index contributed by atoms with van der Waals surface area (Å²) >= 11 is 0. The first-order chi connectivity index (χ1) is 6.97. The smallest absolute Gasteiger partial charge is 0.189 e. The summed E-state index contributed by atoms with van der Waals surface area (Å²) in [4.78, 5) is 0.193. The van der Waals surface area contributed by atoms with Crippen LogP contribution in [0.25, 0.3) is 0 Å². The van der Waals surface area contributed by atoms with Crippen molar-refractivity contribution in [2.45, 2.75) is 11.8 Å². The summed E-state index contributed by atoms with van der Waals surface area (Å²) in [7, 11) is -1.44. The summed E-state index contributed by atoms with van der Waals surface area (Å²) in [6, 6.07) is 6.59. The average Bonchev–Trinajstić information content (AvgIpc) is 1.98. The fraction of sp³-hybridized carbons (Fsp3) is 0.400. The molecule has 1 aromatic rings. The molecular formula is C10H15ClO3S2. The number of aryl methyl sites for hydroxylation is 1. The van der Waals surface area contributed by atoms with E-state index in [1.54, 1.807) is 25.1 Å². The molecule has 0 fully saturated rings. The molecule has 0 bridgehead atoms. The molecule has 0 atom stereocenters. The predicted octanol–water partition coefficient (Wildman–Crippen LogP) is 1.96. The van der Waals surface area contributed by atoms with Crippen LogP contribution < -0.4 is 0 Å². The highest BCUT2D eigenvalue weighted by Crippen LogP contribution is 2.29. The average molecular weight is 283 g/mol. The summed E-state index contributed by atoms with van der Waals surface area (Å²) < 4.78 is 35.9. The molecule has 0 aliphatic carbocycles. The fourth-order valence-electron chi connectivity index (χ4n) is 1.40. The fourth-order valence-corrected chi connectivity index (χ4v) is 7.27. The Morgan fingerprint density at radius 2 is 1.75 bits per heavy atom. The molecule has 0 saturated carbocycles. The van der Waals surface area contributed by atoms with Crippen molar-refractivity contribution in [2.24, 2.45) is 0 Å². The summed E-state index contributed by atoms with van der Waals surface area (Å²) in [6.45, 7) is 1.70. The maximum atomic E-state index is 12.0. The van der Waals surface area contributed by atoms with Gasteiger partial charge in [0.05, 0.1) is 4.90 Å². The Hall–Kier alpha value is -0.390. The normalized spacial score (nSPS) is 15.4. The maximum Gasteiger partial charge on any atom is 0.189 e. The first kappa shape index (κ1) is 13.7. The van der Waals surface area contributed by atoms with E-state index >= 15 is 0 Å². The van der Waals surface area contributed by atoms with E-state index < -0.39 is 23.2 Å². The Morgan fingerprint density at radius 1 is 1.25 bits per heavy atom. The Kier molecular flexibility index (Phi) is 3.27. The Morgan fingerprint density at radius 3 is 2.19 bits per heavy atom. The summed E-state index contributed by atoms with van der Waals surface area (Å²) in [5.74, 6) is 0. The minimum Gasteiger partial charge on any atom is -0.267 e. The van der Waals surface area contributed by atoms with Gasteiger partial charge in [-0.05, 0) is 37.5 Å². The van der Waals surface area contributed by atoms with Crippen LogP contribution in [0.15, 0.2) is 29.2 Å². The van der Waals surface area contributed by atoms with Gasteiger partial charge in [0.25, 0.3) is 0 Å². The molecule has 0 saturated heterocycles. The molecule has 3 nitrogen and oxygen atoms in total. The molecule has 1 aromatic carbocycles. The molecule has 0 aliphatic heterocycles. The van der Waals surface area contributed by atoms with Gasteiger partial charge in [0, 0.05) is 12.5 Å². The minimum absolute atomic E-state index is 0.193. The largest absolute Gasteiger partial charge is 0.267 e. The zero-order valence-corrected chi connectivity index (χ0v) is 11.8. The van der Waals surface area contributed by atoms with E-state index in [0.717, 1.165) is 0 Å². The number of benzene rings is 1. The van der Waals surface area contributed by atoms with Crippen molar-refractivity contribution in [3.05, 3.63) is 29.8 Å². The van der Waals surface area contributed by atoms with Crippen LogP contribution in [0.2, 0.25) is 0 Å². The van der Waals surface area contributed by atoms with Crippen LogP contribution in [-0.4, -0.2) is 30.2 Å². The van der Waals surface area contributed by atoms with Gasteiger partial charge in [-0.3, -0.25) is 4.21 Å². The zero-order valence-electron chi connectivity index (χ0n) is 9.44. The molecule has 0 aliphatic rings. The number of hydrogen-bond donors (Lipinski definition) is 0. The van der Waals surface area contributed by atoms with Gasteiger partial charge < -0.3 is 0 Å². The van der Waals surface area contributed by atoms with Crippen LogP contribution in [0.4, 0.5) is 0 Å². The van der Waals surface area contributed by atoms with Gasteiger partial charge in [-0.25, -0.2) is 8.42 Å². The molecule has 0 aromatic heterocycles. The van der Waals surface area contributed by atoms with Crippen LogP contribution in [-0.2, 0) is 18.1 Å². The zero-order chi connectivity index (χ0) is 12.6. The molecule has 0 amide bonds. The molecule has 16 heavy (non-hydrogen) atoms. The van der Waals surface area contributed by atoms with Crippen LogP contribution in [0.3, 0.4) is 0 Å². The molecule has 0 radical (unpaired) electrons. The summed E-state index contributed by atoms with van der Waals surface area (Å²) in [5.41, 5.74) is 0.635. The quantitative estimate of drug-likeness (QED) is 0.797. The summed E-state index contributed by atoms with van der Waals surface area (Å²) in [5, 5.41) is -0.531. The molecule has 6 heteroatoms. The molecular weight excluding hydrogens is 268 g/mol. The van der Waals surface area contributed by atoms with E-state index in [2.05, 4.69) is 0 Å². The van der Waals surface area contributed by atoms with Crippen LogP contribution in [0, 0.1) is 6.92 Å². The Bertz CT molecular complexity index is 558. The van der Waals surface area contributed by atoms with Crippen molar-refractivity contribution < 1.29 is 12.6 Å². The minimum atomic E-state index is -3.60. The number of rotatable bonds is 3. The third-order valence-electron chi connectivity index (χ3n) is 1.91. The molecule has 1 rings (SSSR count). The lowest BCUT2D eigenvalue weighted by molar-refractivity contribution is 0.599. The highest BCUT2D eigenvalue weighted by Gasteiger charge is 2.31. The lowest BCUT2D eigenvalue weighted by Crippen LogP contribution is -2.31. The molecule has 0 unspecified atom stereocenters. The van der Waals surface area contributed by atoms with Crippen molar-refractivity contribution in [3.63, 3.8) is 0 Å². The van der Waals surface area contributed by atoms with Crippen molar-refractivity contribution in [1.82, 2.24) is 0 Å². The first-order valence-electron chi connectivity index (χ1n) is 4.58. The van der Waals surface area contributed by atoms with Crippen molar-refractivity contribution in [1.29, 1.82) is 0 Å². The third-order valence-corrected chi connectivity index (χ3v) is 7.71. The second kappa shape index (κ2) is 3.82. The SMILES string of the molecule is Cc1ccccc1S(=O)(=O)CS(C)(C)(=O)Cl. The van der Waals surface area contributed by atoms with Crippen LogP contribution in [0.1, 0.15) is 5.56 Å². The van der Waals surface area contributed by atoms with Gasteiger partial charge in [-0.2, -0.15) is 0 Å². The number of sulfone groups is 1. The monoisotopic (exact) mass is 282 g/mol. The van der Waals surface area contributed by atoms with Crippen molar-refractivity contribution in [2.75, 3.05) is 17.6 Å². The van der Waals surface area contributed by atoms with Gasteiger partial charge in [-0.1, -0.05) is 18.2 Å². The number of halogens is 1. The van der Waals surface area contributed by atoms with E-state index in [1.165, 1.54) is 18.6 Å². The van der Waals surface area contributed by atoms with E-state index in [0.29, 0.717) is 5.56 Å². The van der Waals surface area contributed by atoms with E-state index in [4.69, 9.17) is 10.7 Å². The van der Waals surface area contributed by atoms with Crippen molar-refractivity contribution in [3.8, 4) is 0 Å². The van der Waals surface area contributed by atoms with Gasteiger partial charge in [0.15, 0.2) is 9.84 Å². The molecule has 0 N–H and O–H groups in total. The standard InChI is InChI=1S/C10H15ClO3S2/c1-9-6-4-5-7-10(9)15(12,13)8-16(2,3,11)14/h4-7H,8H2,1-3H3. The highest BCUT2D eigenvalue weighted by atomic mass is 35.7. The lowest BCUT2D eigenvalue weighted by Gasteiger charge is -2.25. The second-order valence-corrected chi connectivity index (χ2v) is 13.7. The Labute approximate surface area is 101 Å². The first-order valence-corrected chi connectivity index (χ1v) is 10.0. The van der Waals surface area contributed by atoms with Crippen LogP contribution >= 0.6 is 10.7 Å². The van der Waals surface area contributed by atoms with Gasteiger partial charge >= 0.3 is 0 Å². The predicted molar refractivity (Wildman–Crippen MR) is 69.1 cm³/mol. The van der Waals surface area contributed by atoms with E-state index in [1.807, 2.05) is 0 Å². The lowest BCUT2D eigenvalue weighted by atomic mass is 10.2.